The van der Waals surface area contributed by atoms with Gasteiger partial charge in [-0.3, -0.25) is 14.6 Å². The van der Waals surface area contributed by atoms with Crippen molar-refractivity contribution in [3.05, 3.63) is 57.5 Å². The van der Waals surface area contributed by atoms with Gasteiger partial charge in [0, 0.05) is 30.8 Å². The zero-order valence-corrected chi connectivity index (χ0v) is 18.1. The van der Waals surface area contributed by atoms with Gasteiger partial charge in [-0.2, -0.15) is 0 Å². The molecule has 1 unspecified atom stereocenters. The molecule has 2 aromatic rings. The summed E-state index contributed by atoms with van der Waals surface area (Å²) in [5.74, 6) is 0.980. The first-order valence-electron chi connectivity index (χ1n) is 10.7. The fourth-order valence-corrected chi connectivity index (χ4v) is 3.76. The number of rotatable bonds is 8. The average Bonchev–Trinajstić information content (AvgIpc) is 2.73. The van der Waals surface area contributed by atoms with Gasteiger partial charge in [0.25, 0.3) is 5.56 Å². The van der Waals surface area contributed by atoms with Gasteiger partial charge in [-0.25, -0.2) is 4.98 Å². The summed E-state index contributed by atoms with van der Waals surface area (Å²) in [7, 11) is 0. The highest BCUT2D eigenvalue weighted by atomic mass is 16.5. The summed E-state index contributed by atoms with van der Waals surface area (Å²) in [6.45, 7) is 8.80. The van der Waals surface area contributed by atoms with E-state index in [1.165, 1.54) is 0 Å². The highest BCUT2D eigenvalue weighted by Crippen LogP contribution is 2.21. The van der Waals surface area contributed by atoms with Crippen molar-refractivity contribution in [3.63, 3.8) is 0 Å². The van der Waals surface area contributed by atoms with Crippen LogP contribution in [0.25, 0.3) is 0 Å². The quantitative estimate of drug-likeness (QED) is 0.696. The van der Waals surface area contributed by atoms with Gasteiger partial charge in [0.15, 0.2) is 0 Å². The normalized spacial score (nSPS) is 15.3. The van der Waals surface area contributed by atoms with Crippen molar-refractivity contribution in [2.45, 2.75) is 46.1 Å². The van der Waals surface area contributed by atoms with E-state index < -0.39 is 0 Å². The summed E-state index contributed by atoms with van der Waals surface area (Å²) in [5.41, 5.74) is 2.18. The molecule has 0 radical (unpaired) electrons. The Morgan fingerprint density at radius 2 is 1.93 bits per heavy atom. The predicted octanol–water partition coefficient (Wildman–Crippen LogP) is 2.75. The first kappa shape index (κ1) is 22.0. The monoisotopic (exact) mass is 412 g/mol. The number of ether oxygens (including phenoxy) is 1. The predicted molar refractivity (Wildman–Crippen MR) is 118 cm³/mol. The second-order valence-corrected chi connectivity index (χ2v) is 8.21. The minimum atomic E-state index is -0.168. The van der Waals surface area contributed by atoms with E-state index >= 15 is 0 Å². The van der Waals surface area contributed by atoms with Gasteiger partial charge < -0.3 is 15.0 Å². The number of carbonyl (C=O) groups excluding carboxylic acids is 1. The summed E-state index contributed by atoms with van der Waals surface area (Å²) < 4.78 is 5.35. The first-order valence-corrected chi connectivity index (χ1v) is 10.7. The number of H-pyrrole nitrogens is 1. The molecule has 7 nitrogen and oxygen atoms in total. The fourth-order valence-electron chi connectivity index (χ4n) is 3.76. The van der Waals surface area contributed by atoms with Gasteiger partial charge >= 0.3 is 0 Å². The summed E-state index contributed by atoms with van der Waals surface area (Å²) in [4.78, 5) is 34.7. The van der Waals surface area contributed by atoms with Gasteiger partial charge in [-0.15, -0.1) is 0 Å². The number of carbonyl (C=O) groups is 1. The van der Waals surface area contributed by atoms with Gasteiger partial charge in [0.1, 0.15) is 0 Å². The molecular weight excluding hydrogens is 380 g/mol. The minimum absolute atomic E-state index is 0.0279. The minimum Gasteiger partial charge on any atom is -0.378 e. The van der Waals surface area contributed by atoms with Crippen LogP contribution in [0.3, 0.4) is 0 Å². The maximum Gasteiger partial charge on any atom is 0.255 e. The Labute approximate surface area is 177 Å². The highest BCUT2D eigenvalue weighted by Gasteiger charge is 2.19. The van der Waals surface area contributed by atoms with E-state index in [9.17, 15) is 9.59 Å². The van der Waals surface area contributed by atoms with E-state index in [0.29, 0.717) is 55.8 Å². The van der Waals surface area contributed by atoms with Gasteiger partial charge in [-0.1, -0.05) is 44.2 Å². The van der Waals surface area contributed by atoms with Crippen LogP contribution in [0.15, 0.2) is 35.1 Å². The summed E-state index contributed by atoms with van der Waals surface area (Å²) >= 11 is 0. The molecule has 1 aliphatic rings. The Morgan fingerprint density at radius 1 is 1.23 bits per heavy atom. The number of hydrogen-bond donors (Lipinski definition) is 2. The van der Waals surface area contributed by atoms with E-state index in [1.54, 1.807) is 0 Å². The number of nitrogens with zero attached hydrogens (tertiary/aromatic N) is 2. The molecule has 1 saturated heterocycles. The standard InChI is InChI=1S/C23H32N4O3/c1-16(2)15-20(18-7-5-4-6-8-18)25-21(28)10-9-19-17(3)24-23(26-22(19)29)27-11-13-30-14-12-27/h4-8,16,20H,9-15H2,1-3H3,(H,25,28)(H,24,26,29). The van der Waals surface area contributed by atoms with Crippen molar-refractivity contribution < 1.29 is 9.53 Å². The largest absolute Gasteiger partial charge is 0.378 e. The molecule has 1 fully saturated rings. The average molecular weight is 413 g/mol. The molecule has 0 saturated carbocycles. The fraction of sp³-hybridized carbons (Fsp3) is 0.522. The number of aromatic nitrogens is 2. The molecule has 0 spiro atoms. The van der Waals surface area contributed by atoms with E-state index in [4.69, 9.17) is 4.74 Å². The van der Waals surface area contributed by atoms with Crippen molar-refractivity contribution in [2.75, 3.05) is 31.2 Å². The second kappa shape index (κ2) is 10.4. The lowest BCUT2D eigenvalue weighted by Gasteiger charge is -2.27. The van der Waals surface area contributed by atoms with Crippen molar-refractivity contribution in [1.82, 2.24) is 15.3 Å². The summed E-state index contributed by atoms with van der Waals surface area (Å²) in [6, 6.07) is 9.99. The number of hydrogen-bond acceptors (Lipinski definition) is 5. The maximum absolute atomic E-state index is 12.7. The first-order chi connectivity index (χ1) is 14.4. The lowest BCUT2D eigenvalue weighted by Crippen LogP contribution is -2.38. The lowest BCUT2D eigenvalue weighted by atomic mass is 9.96. The number of aryl methyl sites for hydroxylation is 1. The summed E-state index contributed by atoms with van der Waals surface area (Å²) in [6.07, 6.45) is 1.49. The SMILES string of the molecule is Cc1nc(N2CCOCC2)[nH]c(=O)c1CCC(=O)NC(CC(C)C)c1ccccc1. The number of anilines is 1. The molecule has 162 valence electrons. The third-order valence-electron chi connectivity index (χ3n) is 5.37. The number of benzene rings is 1. The maximum atomic E-state index is 12.7. The molecule has 1 aromatic heterocycles. The topological polar surface area (TPSA) is 87.3 Å². The van der Waals surface area contributed by atoms with Crippen LogP contribution < -0.4 is 15.8 Å². The van der Waals surface area contributed by atoms with Crippen LogP contribution >= 0.6 is 0 Å². The van der Waals surface area contributed by atoms with Crippen molar-refractivity contribution in [2.24, 2.45) is 5.92 Å². The highest BCUT2D eigenvalue weighted by molar-refractivity contribution is 5.76. The Bertz CT molecular complexity index is 889. The lowest BCUT2D eigenvalue weighted by molar-refractivity contribution is -0.121. The number of amides is 1. The Balaban J connectivity index is 1.64. The van der Waals surface area contributed by atoms with Crippen molar-refractivity contribution >= 4 is 11.9 Å². The molecule has 1 amide bonds. The van der Waals surface area contributed by atoms with Crippen LogP contribution in [-0.4, -0.2) is 42.2 Å². The van der Waals surface area contributed by atoms with Gasteiger partial charge in [0.2, 0.25) is 11.9 Å². The number of nitrogens with one attached hydrogen (secondary N) is 2. The third-order valence-corrected chi connectivity index (χ3v) is 5.37. The van der Waals surface area contributed by atoms with Crippen LogP contribution in [0.2, 0.25) is 0 Å². The number of aromatic amines is 1. The molecule has 1 atom stereocenters. The third kappa shape index (κ3) is 5.92. The van der Waals surface area contributed by atoms with Crippen LogP contribution in [0.4, 0.5) is 5.95 Å². The smallest absolute Gasteiger partial charge is 0.255 e. The van der Waals surface area contributed by atoms with Crippen molar-refractivity contribution in [3.8, 4) is 0 Å². The second-order valence-electron chi connectivity index (χ2n) is 8.21. The van der Waals surface area contributed by atoms with Crippen LogP contribution in [0.1, 0.15) is 49.6 Å². The zero-order chi connectivity index (χ0) is 21.5. The van der Waals surface area contributed by atoms with Crippen LogP contribution in [-0.2, 0) is 16.0 Å². The van der Waals surface area contributed by atoms with Gasteiger partial charge in [-0.05, 0) is 31.2 Å². The molecular formula is C23H32N4O3. The molecule has 1 aromatic carbocycles. The molecule has 30 heavy (non-hydrogen) atoms. The van der Waals surface area contributed by atoms with Gasteiger partial charge in [0.05, 0.1) is 19.3 Å². The molecule has 7 heteroatoms. The molecule has 3 rings (SSSR count). The van der Waals surface area contributed by atoms with E-state index in [1.807, 2.05) is 42.2 Å². The summed E-state index contributed by atoms with van der Waals surface area (Å²) in [5, 5.41) is 3.14. The van der Waals surface area contributed by atoms with Crippen LogP contribution in [0.5, 0.6) is 0 Å². The Hall–Kier alpha value is -2.67. The van der Waals surface area contributed by atoms with Crippen LogP contribution in [0, 0.1) is 12.8 Å². The number of morpholine rings is 1. The Kier molecular flexibility index (Phi) is 7.63. The van der Waals surface area contributed by atoms with E-state index in [0.717, 1.165) is 12.0 Å². The molecule has 1 aliphatic heterocycles. The molecule has 2 heterocycles. The molecule has 2 N–H and O–H groups in total. The van der Waals surface area contributed by atoms with E-state index in [-0.39, 0.29) is 23.9 Å². The Morgan fingerprint density at radius 3 is 2.57 bits per heavy atom. The molecule has 0 bridgehead atoms. The molecule has 0 aliphatic carbocycles. The van der Waals surface area contributed by atoms with E-state index in [2.05, 4.69) is 29.1 Å². The zero-order valence-electron chi connectivity index (χ0n) is 18.1. The van der Waals surface area contributed by atoms with Crippen molar-refractivity contribution in [1.29, 1.82) is 0 Å².